The van der Waals surface area contributed by atoms with Crippen LogP contribution in [0.1, 0.15) is 61.3 Å². The van der Waals surface area contributed by atoms with Crippen molar-refractivity contribution in [3.63, 3.8) is 0 Å². The molecule has 0 saturated heterocycles. The van der Waals surface area contributed by atoms with E-state index in [0.717, 1.165) is 6.07 Å². The van der Waals surface area contributed by atoms with E-state index in [9.17, 15) is 14.0 Å². The minimum atomic E-state index is -0.942. The van der Waals surface area contributed by atoms with Gasteiger partial charge in [-0.3, -0.25) is 10.1 Å². The molecule has 2 rings (SSSR count). The number of pyridine rings is 1. The van der Waals surface area contributed by atoms with Crippen LogP contribution in [0.4, 0.5) is 14.9 Å². The van der Waals surface area contributed by atoms with E-state index in [2.05, 4.69) is 25.6 Å². The SMILES string of the molecule is COc1nc(C(C)C)c(NC(=O)NC(=O)c2cc(F)c(Cl)nc2Cl)c(C(C)C)n1. The third kappa shape index (κ3) is 5.30. The number of anilines is 1. The molecule has 0 radical (unpaired) electrons. The molecule has 2 aromatic heterocycles. The van der Waals surface area contributed by atoms with Crippen molar-refractivity contribution in [1.82, 2.24) is 20.3 Å². The summed E-state index contributed by atoms with van der Waals surface area (Å²) in [5.74, 6) is -2.02. The molecule has 0 aliphatic rings. The van der Waals surface area contributed by atoms with E-state index in [0.29, 0.717) is 17.1 Å². The molecule has 3 amide bonds. The molecular formula is C18H20Cl2FN5O3. The highest BCUT2D eigenvalue weighted by atomic mass is 35.5. The molecule has 2 N–H and O–H groups in total. The molecule has 8 nitrogen and oxygen atoms in total. The zero-order chi connectivity index (χ0) is 21.9. The lowest BCUT2D eigenvalue weighted by Crippen LogP contribution is -2.35. The van der Waals surface area contributed by atoms with Crippen molar-refractivity contribution in [2.75, 3.05) is 12.4 Å². The summed E-state index contributed by atoms with van der Waals surface area (Å²) in [6.45, 7) is 7.56. The molecule has 0 aromatic carbocycles. The maximum absolute atomic E-state index is 13.6. The normalized spacial score (nSPS) is 11.0. The lowest BCUT2D eigenvalue weighted by molar-refractivity contribution is 0.0966. The number of nitrogens with one attached hydrogen (secondary N) is 2. The Balaban J connectivity index is 2.33. The van der Waals surface area contributed by atoms with E-state index < -0.39 is 22.9 Å². The smallest absolute Gasteiger partial charge is 0.326 e. The molecule has 156 valence electrons. The van der Waals surface area contributed by atoms with Crippen LogP contribution in [-0.2, 0) is 0 Å². The number of amides is 3. The van der Waals surface area contributed by atoms with Gasteiger partial charge in [0.15, 0.2) is 11.0 Å². The van der Waals surface area contributed by atoms with Gasteiger partial charge in [-0.25, -0.2) is 14.2 Å². The number of ether oxygens (including phenoxy) is 1. The maximum atomic E-state index is 13.6. The van der Waals surface area contributed by atoms with Gasteiger partial charge in [-0.05, 0) is 17.9 Å². The van der Waals surface area contributed by atoms with Gasteiger partial charge in [0.05, 0.1) is 29.7 Å². The van der Waals surface area contributed by atoms with Gasteiger partial charge in [0.2, 0.25) is 0 Å². The van der Waals surface area contributed by atoms with E-state index in [1.54, 1.807) is 0 Å². The summed E-state index contributed by atoms with van der Waals surface area (Å²) in [5, 5.41) is 3.88. The Morgan fingerprint density at radius 2 is 1.59 bits per heavy atom. The summed E-state index contributed by atoms with van der Waals surface area (Å²) >= 11 is 11.3. The predicted octanol–water partition coefficient (Wildman–Crippen LogP) is 4.53. The van der Waals surface area contributed by atoms with E-state index >= 15 is 0 Å². The van der Waals surface area contributed by atoms with Crippen molar-refractivity contribution in [1.29, 1.82) is 0 Å². The molecule has 0 atom stereocenters. The quantitative estimate of drug-likeness (QED) is 0.657. The molecule has 0 unspecified atom stereocenters. The van der Waals surface area contributed by atoms with E-state index in [4.69, 9.17) is 27.9 Å². The van der Waals surface area contributed by atoms with Crippen LogP contribution in [0.25, 0.3) is 0 Å². The summed E-state index contributed by atoms with van der Waals surface area (Å²) in [4.78, 5) is 36.9. The van der Waals surface area contributed by atoms with Gasteiger partial charge in [-0.1, -0.05) is 50.9 Å². The van der Waals surface area contributed by atoms with Gasteiger partial charge in [-0.2, -0.15) is 9.97 Å². The monoisotopic (exact) mass is 443 g/mol. The van der Waals surface area contributed by atoms with Gasteiger partial charge in [-0.15, -0.1) is 0 Å². The molecule has 2 aromatic rings. The summed E-state index contributed by atoms with van der Waals surface area (Å²) in [6, 6.07) is 0.114. The van der Waals surface area contributed by atoms with E-state index in [-0.39, 0.29) is 28.6 Å². The molecule has 0 aliphatic carbocycles. The maximum Gasteiger partial charge on any atom is 0.326 e. The fourth-order valence-electron chi connectivity index (χ4n) is 2.45. The number of nitrogens with zero attached hydrogens (tertiary/aromatic N) is 3. The molecule has 0 saturated carbocycles. The first kappa shape index (κ1) is 22.8. The minimum absolute atomic E-state index is 0.0700. The van der Waals surface area contributed by atoms with Gasteiger partial charge < -0.3 is 10.1 Å². The predicted molar refractivity (Wildman–Crippen MR) is 107 cm³/mol. The van der Waals surface area contributed by atoms with Crippen LogP contribution in [-0.4, -0.2) is 34.0 Å². The number of methoxy groups -OCH3 is 1. The standard InChI is InChI=1S/C18H20Cl2FN5O3/c1-7(2)11-13(12(8(3)4)24-18(23-11)29-5)22-17(28)26-16(27)9-6-10(21)15(20)25-14(9)19/h6-8H,1-5H3,(H2,22,26,27,28). The molecule has 0 bridgehead atoms. The van der Waals surface area contributed by atoms with Crippen molar-refractivity contribution < 1.29 is 18.7 Å². The molecule has 2 heterocycles. The first-order valence-electron chi connectivity index (χ1n) is 8.64. The number of urea groups is 1. The van der Waals surface area contributed by atoms with Crippen molar-refractivity contribution in [3.8, 4) is 6.01 Å². The minimum Gasteiger partial charge on any atom is -0.467 e. The summed E-state index contributed by atoms with van der Waals surface area (Å²) in [7, 11) is 1.45. The van der Waals surface area contributed by atoms with E-state index in [1.165, 1.54) is 7.11 Å². The lowest BCUT2D eigenvalue weighted by Gasteiger charge is -2.19. The molecule has 29 heavy (non-hydrogen) atoms. The Morgan fingerprint density at radius 1 is 1.03 bits per heavy atom. The highest BCUT2D eigenvalue weighted by molar-refractivity contribution is 6.35. The Morgan fingerprint density at radius 3 is 2.07 bits per heavy atom. The molecule has 0 fully saturated rings. The Labute approximate surface area is 177 Å². The average molecular weight is 444 g/mol. The topological polar surface area (TPSA) is 106 Å². The van der Waals surface area contributed by atoms with Crippen LogP contribution >= 0.6 is 23.2 Å². The molecule has 0 aliphatic heterocycles. The Hall–Kier alpha value is -2.52. The fourth-order valence-corrected chi connectivity index (χ4v) is 2.86. The Bertz CT molecular complexity index is 924. The van der Waals surface area contributed by atoms with Crippen molar-refractivity contribution in [3.05, 3.63) is 39.1 Å². The number of aromatic nitrogens is 3. The fraction of sp³-hybridized carbons (Fsp3) is 0.389. The summed E-state index contributed by atoms with van der Waals surface area (Å²) in [5.41, 5.74) is 1.12. The molecule has 0 spiro atoms. The zero-order valence-corrected chi connectivity index (χ0v) is 17.9. The van der Waals surface area contributed by atoms with Crippen molar-refractivity contribution in [2.45, 2.75) is 39.5 Å². The van der Waals surface area contributed by atoms with Gasteiger partial charge >= 0.3 is 12.0 Å². The van der Waals surface area contributed by atoms with Crippen molar-refractivity contribution in [2.24, 2.45) is 0 Å². The van der Waals surface area contributed by atoms with Crippen LogP contribution in [0.2, 0.25) is 10.3 Å². The first-order chi connectivity index (χ1) is 13.5. The number of hydrogen-bond acceptors (Lipinski definition) is 6. The summed E-state index contributed by atoms with van der Waals surface area (Å²) < 4.78 is 18.7. The number of carbonyl (C=O) groups is 2. The van der Waals surface area contributed by atoms with Gasteiger partial charge in [0.1, 0.15) is 5.15 Å². The number of rotatable bonds is 5. The number of imide groups is 1. The number of hydrogen-bond donors (Lipinski definition) is 2. The Kier molecular flexibility index (Phi) is 7.32. The van der Waals surface area contributed by atoms with Crippen LogP contribution in [0.5, 0.6) is 6.01 Å². The number of carbonyl (C=O) groups excluding carboxylic acids is 2. The second-order valence-corrected chi connectivity index (χ2v) is 7.39. The number of halogens is 3. The second-order valence-electron chi connectivity index (χ2n) is 6.67. The third-order valence-electron chi connectivity index (χ3n) is 3.82. The third-order valence-corrected chi connectivity index (χ3v) is 4.37. The second kappa shape index (κ2) is 9.32. The molecular weight excluding hydrogens is 424 g/mol. The average Bonchev–Trinajstić information content (AvgIpc) is 2.64. The summed E-state index contributed by atoms with van der Waals surface area (Å²) in [6.07, 6.45) is 0. The van der Waals surface area contributed by atoms with Crippen LogP contribution < -0.4 is 15.4 Å². The lowest BCUT2D eigenvalue weighted by atomic mass is 10.0. The highest BCUT2D eigenvalue weighted by Crippen LogP contribution is 2.31. The largest absolute Gasteiger partial charge is 0.467 e. The van der Waals surface area contributed by atoms with Crippen molar-refractivity contribution >= 4 is 40.8 Å². The van der Waals surface area contributed by atoms with Crippen LogP contribution in [0.3, 0.4) is 0 Å². The van der Waals surface area contributed by atoms with Gasteiger partial charge in [0.25, 0.3) is 5.91 Å². The van der Waals surface area contributed by atoms with Crippen LogP contribution in [0, 0.1) is 5.82 Å². The first-order valence-corrected chi connectivity index (χ1v) is 9.40. The molecule has 11 heteroatoms. The highest BCUT2D eigenvalue weighted by Gasteiger charge is 2.23. The van der Waals surface area contributed by atoms with Gasteiger partial charge in [0, 0.05) is 0 Å². The zero-order valence-electron chi connectivity index (χ0n) is 16.4. The van der Waals surface area contributed by atoms with Crippen LogP contribution in [0.15, 0.2) is 6.07 Å². The van der Waals surface area contributed by atoms with E-state index in [1.807, 2.05) is 27.7 Å².